The fraction of sp³-hybridized carbons (Fsp3) is 0.0714. The van der Waals surface area contributed by atoms with E-state index in [0.29, 0.717) is 22.0 Å². The second-order valence-electron chi connectivity index (χ2n) is 4.17. The Morgan fingerprint density at radius 1 is 1.26 bits per heavy atom. The Labute approximate surface area is 124 Å². The number of carbonyl (C=O) groups excluding carboxylic acids is 1. The highest BCUT2D eigenvalue weighted by molar-refractivity contribution is 9.10. The lowest BCUT2D eigenvalue weighted by Crippen LogP contribution is -2.13. The van der Waals surface area contributed by atoms with Gasteiger partial charge in [-0.25, -0.2) is 0 Å². The molecule has 0 aromatic heterocycles. The van der Waals surface area contributed by atoms with Crippen molar-refractivity contribution in [3.63, 3.8) is 0 Å². The minimum Gasteiger partial charge on any atom is -0.397 e. The summed E-state index contributed by atoms with van der Waals surface area (Å²) in [5.41, 5.74) is 8.34. The number of anilines is 2. The zero-order chi connectivity index (χ0) is 14.0. The summed E-state index contributed by atoms with van der Waals surface area (Å²) in [4.78, 5) is 12.2. The van der Waals surface area contributed by atoms with Gasteiger partial charge in [-0.3, -0.25) is 4.79 Å². The maximum Gasteiger partial charge on any atom is 0.256 e. The summed E-state index contributed by atoms with van der Waals surface area (Å²) in [6, 6.07) is 10.6. The van der Waals surface area contributed by atoms with E-state index in [4.69, 9.17) is 17.3 Å². The number of nitrogens with two attached hydrogens (primary N) is 1. The van der Waals surface area contributed by atoms with Crippen LogP contribution in [0.3, 0.4) is 0 Å². The smallest absolute Gasteiger partial charge is 0.256 e. The first kappa shape index (κ1) is 13.9. The molecule has 0 aliphatic heterocycles. The Balaban J connectivity index is 2.25. The standard InChI is InChI=1S/C14H12BrClN2O/c1-8-2-4-11(15)10(6-8)14(19)18-9-3-5-12(16)13(17)7-9/h2-7H,17H2,1H3,(H,18,19). The molecule has 0 bridgehead atoms. The second-order valence-corrected chi connectivity index (χ2v) is 5.44. The van der Waals surface area contributed by atoms with E-state index in [1.807, 2.05) is 25.1 Å². The van der Waals surface area contributed by atoms with E-state index >= 15 is 0 Å². The summed E-state index contributed by atoms with van der Waals surface area (Å²) in [6.07, 6.45) is 0. The van der Waals surface area contributed by atoms with Crippen molar-refractivity contribution in [2.24, 2.45) is 0 Å². The summed E-state index contributed by atoms with van der Waals surface area (Å²) in [7, 11) is 0. The third-order valence-electron chi connectivity index (χ3n) is 2.62. The van der Waals surface area contributed by atoms with Crippen LogP contribution in [0, 0.1) is 6.92 Å². The van der Waals surface area contributed by atoms with Gasteiger partial charge in [0.1, 0.15) is 0 Å². The van der Waals surface area contributed by atoms with Crippen molar-refractivity contribution >= 4 is 44.8 Å². The predicted molar refractivity (Wildman–Crippen MR) is 82.7 cm³/mol. The molecule has 0 aliphatic rings. The van der Waals surface area contributed by atoms with Gasteiger partial charge < -0.3 is 11.1 Å². The Morgan fingerprint density at radius 3 is 2.68 bits per heavy atom. The highest BCUT2D eigenvalue weighted by atomic mass is 79.9. The number of hydrogen-bond donors (Lipinski definition) is 2. The molecule has 0 unspecified atom stereocenters. The van der Waals surface area contributed by atoms with Crippen LogP contribution in [-0.2, 0) is 0 Å². The van der Waals surface area contributed by atoms with Gasteiger partial charge in [0.25, 0.3) is 5.91 Å². The van der Waals surface area contributed by atoms with Crippen molar-refractivity contribution in [2.45, 2.75) is 6.92 Å². The van der Waals surface area contributed by atoms with E-state index in [1.165, 1.54) is 0 Å². The van der Waals surface area contributed by atoms with Crippen molar-refractivity contribution in [3.8, 4) is 0 Å². The van der Waals surface area contributed by atoms with Crippen LogP contribution in [0.4, 0.5) is 11.4 Å². The number of amides is 1. The zero-order valence-electron chi connectivity index (χ0n) is 10.2. The third kappa shape index (κ3) is 3.28. The van der Waals surface area contributed by atoms with Crippen molar-refractivity contribution in [2.75, 3.05) is 11.1 Å². The molecule has 0 heterocycles. The molecule has 98 valence electrons. The third-order valence-corrected chi connectivity index (χ3v) is 3.66. The van der Waals surface area contributed by atoms with Crippen molar-refractivity contribution in [1.82, 2.24) is 0 Å². The van der Waals surface area contributed by atoms with Gasteiger partial charge in [-0.2, -0.15) is 0 Å². The van der Waals surface area contributed by atoms with Gasteiger partial charge in [-0.05, 0) is 53.2 Å². The van der Waals surface area contributed by atoms with Gasteiger partial charge in [0.2, 0.25) is 0 Å². The number of nitrogen functional groups attached to an aromatic ring is 1. The summed E-state index contributed by atoms with van der Waals surface area (Å²) in [5.74, 6) is -0.197. The molecule has 0 radical (unpaired) electrons. The van der Waals surface area contributed by atoms with Crippen LogP contribution in [0.5, 0.6) is 0 Å². The molecule has 5 heteroatoms. The summed E-state index contributed by atoms with van der Waals surface area (Å²) in [5, 5.41) is 3.25. The van der Waals surface area contributed by atoms with E-state index in [9.17, 15) is 4.79 Å². The lowest BCUT2D eigenvalue weighted by molar-refractivity contribution is 0.102. The number of nitrogens with one attached hydrogen (secondary N) is 1. The van der Waals surface area contributed by atoms with Crippen molar-refractivity contribution in [1.29, 1.82) is 0 Å². The molecule has 1 amide bonds. The second kappa shape index (κ2) is 5.63. The van der Waals surface area contributed by atoms with E-state index < -0.39 is 0 Å². The minimum atomic E-state index is -0.197. The average molecular weight is 340 g/mol. The Morgan fingerprint density at radius 2 is 2.00 bits per heavy atom. The molecule has 0 aliphatic carbocycles. The van der Waals surface area contributed by atoms with Gasteiger partial charge in [0, 0.05) is 10.2 Å². The predicted octanol–water partition coefficient (Wildman–Crippen LogP) is 4.25. The number of aryl methyl sites for hydroxylation is 1. The largest absolute Gasteiger partial charge is 0.397 e. The first-order valence-electron chi connectivity index (χ1n) is 5.60. The number of hydrogen-bond acceptors (Lipinski definition) is 2. The first-order chi connectivity index (χ1) is 8.97. The molecule has 2 aromatic carbocycles. The fourth-order valence-electron chi connectivity index (χ4n) is 1.63. The zero-order valence-corrected chi connectivity index (χ0v) is 12.5. The number of rotatable bonds is 2. The summed E-state index contributed by atoms with van der Waals surface area (Å²) >= 11 is 9.20. The molecule has 0 atom stereocenters. The van der Waals surface area contributed by atoms with Gasteiger partial charge in [0.15, 0.2) is 0 Å². The number of carbonyl (C=O) groups is 1. The average Bonchev–Trinajstić information content (AvgIpc) is 2.36. The fourth-order valence-corrected chi connectivity index (χ4v) is 2.18. The lowest BCUT2D eigenvalue weighted by atomic mass is 10.1. The number of benzene rings is 2. The topological polar surface area (TPSA) is 55.1 Å². The van der Waals surface area contributed by atoms with E-state index in [-0.39, 0.29) is 5.91 Å². The van der Waals surface area contributed by atoms with Crippen LogP contribution in [0.15, 0.2) is 40.9 Å². The van der Waals surface area contributed by atoms with Crippen LogP contribution in [0.1, 0.15) is 15.9 Å². The van der Waals surface area contributed by atoms with E-state index in [2.05, 4.69) is 21.2 Å². The molecule has 3 nitrogen and oxygen atoms in total. The number of halogens is 2. The highest BCUT2D eigenvalue weighted by Gasteiger charge is 2.11. The van der Waals surface area contributed by atoms with Gasteiger partial charge in [0.05, 0.1) is 16.3 Å². The quantitative estimate of drug-likeness (QED) is 0.804. The van der Waals surface area contributed by atoms with Crippen LogP contribution in [-0.4, -0.2) is 5.91 Å². The Kier molecular flexibility index (Phi) is 4.12. The molecular formula is C14H12BrClN2O. The Hall–Kier alpha value is -1.52. The maximum absolute atomic E-state index is 12.2. The van der Waals surface area contributed by atoms with Gasteiger partial charge in [-0.1, -0.05) is 23.2 Å². The normalized spacial score (nSPS) is 10.3. The molecule has 3 N–H and O–H groups in total. The highest BCUT2D eigenvalue weighted by Crippen LogP contribution is 2.24. The van der Waals surface area contributed by atoms with Crippen LogP contribution >= 0.6 is 27.5 Å². The van der Waals surface area contributed by atoms with E-state index in [0.717, 1.165) is 10.0 Å². The van der Waals surface area contributed by atoms with Crippen LogP contribution < -0.4 is 11.1 Å². The summed E-state index contributed by atoms with van der Waals surface area (Å²) in [6.45, 7) is 1.93. The molecule has 0 fully saturated rings. The molecule has 0 saturated heterocycles. The lowest BCUT2D eigenvalue weighted by Gasteiger charge is -2.09. The van der Waals surface area contributed by atoms with Crippen molar-refractivity contribution < 1.29 is 4.79 Å². The molecule has 19 heavy (non-hydrogen) atoms. The molecule has 2 rings (SSSR count). The Bertz CT molecular complexity index is 643. The van der Waals surface area contributed by atoms with Crippen LogP contribution in [0.2, 0.25) is 5.02 Å². The molecule has 0 spiro atoms. The van der Waals surface area contributed by atoms with Gasteiger partial charge in [-0.15, -0.1) is 0 Å². The minimum absolute atomic E-state index is 0.197. The maximum atomic E-state index is 12.2. The van der Waals surface area contributed by atoms with Crippen molar-refractivity contribution in [3.05, 3.63) is 57.0 Å². The first-order valence-corrected chi connectivity index (χ1v) is 6.77. The monoisotopic (exact) mass is 338 g/mol. The molecular weight excluding hydrogens is 328 g/mol. The molecule has 2 aromatic rings. The summed E-state index contributed by atoms with van der Waals surface area (Å²) < 4.78 is 0.748. The molecule has 0 saturated carbocycles. The SMILES string of the molecule is Cc1ccc(Br)c(C(=O)Nc2ccc(Cl)c(N)c2)c1. The van der Waals surface area contributed by atoms with E-state index in [1.54, 1.807) is 18.2 Å². The van der Waals surface area contributed by atoms with Crippen LogP contribution in [0.25, 0.3) is 0 Å². The van der Waals surface area contributed by atoms with Gasteiger partial charge >= 0.3 is 0 Å².